The van der Waals surface area contributed by atoms with E-state index in [0.717, 1.165) is 19.7 Å². The molecule has 8 nitrogen and oxygen atoms in total. The Labute approximate surface area is 222 Å². The highest BCUT2D eigenvalue weighted by Gasteiger charge is 2.33. The Morgan fingerprint density at radius 1 is 1.11 bits per heavy atom. The second kappa shape index (κ2) is 12.1. The molecule has 2 aromatic carbocycles. The van der Waals surface area contributed by atoms with Gasteiger partial charge >= 0.3 is 0 Å². The Morgan fingerprint density at radius 2 is 1.74 bits per heavy atom. The van der Waals surface area contributed by atoms with Gasteiger partial charge in [0.05, 0.1) is 19.1 Å². The Morgan fingerprint density at radius 3 is 2.26 bits per heavy atom. The summed E-state index contributed by atoms with van der Waals surface area (Å²) in [7, 11) is -2.21. The number of amides is 2. The normalized spacial score (nSPS) is 12.5. The maximum Gasteiger partial charge on any atom is 0.244 e. The van der Waals surface area contributed by atoms with Gasteiger partial charge in [-0.3, -0.25) is 13.9 Å². The molecule has 0 aliphatic carbocycles. The number of sulfonamides is 1. The second-order valence-electron chi connectivity index (χ2n) is 9.28. The third kappa shape index (κ3) is 8.68. The van der Waals surface area contributed by atoms with Gasteiger partial charge in [0.25, 0.3) is 0 Å². The average Bonchev–Trinajstić information content (AvgIpc) is 2.76. The molecule has 0 heterocycles. The molecule has 0 bridgehead atoms. The SMILES string of the molecule is CCC(C(=O)NC(C)(C)C)N(Cc1cccc(OC)c1)C(=O)CN(c1ccc(I)cc1)S(C)(=O)=O. The van der Waals surface area contributed by atoms with Crippen LogP contribution in [0.5, 0.6) is 5.75 Å². The highest BCUT2D eigenvalue weighted by molar-refractivity contribution is 14.1. The number of carbonyl (C=O) groups excluding carboxylic acids is 2. The third-order valence-corrected chi connectivity index (χ3v) is 7.02. The van der Waals surface area contributed by atoms with Crippen molar-refractivity contribution in [3.05, 3.63) is 57.7 Å². The van der Waals surface area contributed by atoms with E-state index in [-0.39, 0.29) is 12.5 Å². The van der Waals surface area contributed by atoms with Gasteiger partial charge in [-0.1, -0.05) is 19.1 Å². The Kier molecular flexibility index (Phi) is 9.96. The minimum atomic E-state index is -3.76. The molecule has 0 aliphatic heterocycles. The quantitative estimate of drug-likeness (QED) is 0.411. The maximum atomic E-state index is 13.7. The van der Waals surface area contributed by atoms with E-state index < -0.39 is 34.1 Å². The molecule has 0 radical (unpaired) electrons. The zero-order chi connectivity index (χ0) is 26.4. The van der Waals surface area contributed by atoms with Crippen molar-refractivity contribution in [2.45, 2.75) is 52.2 Å². The van der Waals surface area contributed by atoms with Crippen LogP contribution in [0.25, 0.3) is 0 Å². The summed E-state index contributed by atoms with van der Waals surface area (Å²) in [6, 6.07) is 13.3. The van der Waals surface area contributed by atoms with Crippen LogP contribution in [-0.2, 0) is 26.2 Å². The first-order valence-corrected chi connectivity index (χ1v) is 14.2. The van der Waals surface area contributed by atoms with Gasteiger partial charge < -0.3 is 15.0 Å². The van der Waals surface area contributed by atoms with E-state index in [1.54, 1.807) is 49.6 Å². The number of anilines is 1. The lowest BCUT2D eigenvalue weighted by atomic mass is 10.1. The summed E-state index contributed by atoms with van der Waals surface area (Å²) in [6.07, 6.45) is 1.42. The molecule has 2 rings (SSSR count). The zero-order valence-electron chi connectivity index (χ0n) is 21.0. The van der Waals surface area contributed by atoms with Crippen molar-refractivity contribution < 1.29 is 22.7 Å². The molecular formula is C25H34IN3O5S. The van der Waals surface area contributed by atoms with Gasteiger partial charge in [0.1, 0.15) is 18.3 Å². The van der Waals surface area contributed by atoms with Crippen LogP contribution < -0.4 is 14.4 Å². The fourth-order valence-electron chi connectivity index (χ4n) is 3.56. The summed E-state index contributed by atoms with van der Waals surface area (Å²) >= 11 is 2.13. The highest BCUT2D eigenvalue weighted by atomic mass is 127. The van der Waals surface area contributed by atoms with Crippen LogP contribution in [0.4, 0.5) is 5.69 Å². The highest BCUT2D eigenvalue weighted by Crippen LogP contribution is 2.22. The molecule has 1 atom stereocenters. The summed E-state index contributed by atoms with van der Waals surface area (Å²) in [4.78, 5) is 28.3. The van der Waals surface area contributed by atoms with Crippen molar-refractivity contribution in [1.82, 2.24) is 10.2 Å². The molecule has 10 heteroatoms. The lowest BCUT2D eigenvalue weighted by molar-refractivity contribution is -0.141. The second-order valence-corrected chi connectivity index (χ2v) is 12.4. The minimum absolute atomic E-state index is 0.121. The van der Waals surface area contributed by atoms with E-state index in [1.807, 2.05) is 33.8 Å². The van der Waals surface area contributed by atoms with E-state index in [9.17, 15) is 18.0 Å². The van der Waals surface area contributed by atoms with Gasteiger partial charge in [0.15, 0.2) is 0 Å². The van der Waals surface area contributed by atoms with Crippen molar-refractivity contribution in [3.63, 3.8) is 0 Å². The number of benzene rings is 2. The van der Waals surface area contributed by atoms with Crippen molar-refractivity contribution in [1.29, 1.82) is 0 Å². The number of carbonyl (C=O) groups is 2. The Balaban J connectivity index is 2.46. The number of halogens is 1. The lowest BCUT2D eigenvalue weighted by Crippen LogP contribution is -2.55. The molecule has 192 valence electrons. The van der Waals surface area contributed by atoms with Gasteiger partial charge in [0.2, 0.25) is 21.8 Å². The number of ether oxygens (including phenoxy) is 1. The van der Waals surface area contributed by atoms with Gasteiger partial charge in [-0.05, 0) is 91.7 Å². The molecule has 1 N–H and O–H groups in total. The topological polar surface area (TPSA) is 96.0 Å². The van der Waals surface area contributed by atoms with Crippen molar-refractivity contribution in [3.8, 4) is 5.75 Å². The van der Waals surface area contributed by atoms with Gasteiger partial charge in [-0.15, -0.1) is 0 Å². The average molecular weight is 616 g/mol. The van der Waals surface area contributed by atoms with E-state index in [2.05, 4.69) is 27.9 Å². The lowest BCUT2D eigenvalue weighted by Gasteiger charge is -2.34. The van der Waals surface area contributed by atoms with Crippen LogP contribution in [0.2, 0.25) is 0 Å². The summed E-state index contributed by atoms with van der Waals surface area (Å²) in [5.41, 5.74) is 0.657. The van der Waals surface area contributed by atoms with Gasteiger partial charge in [0, 0.05) is 15.7 Å². The van der Waals surface area contributed by atoms with Crippen molar-refractivity contribution >= 4 is 50.1 Å². The molecule has 0 saturated carbocycles. The van der Waals surface area contributed by atoms with Crippen LogP contribution in [0.1, 0.15) is 39.7 Å². The summed E-state index contributed by atoms with van der Waals surface area (Å²) in [6.45, 7) is 7.13. The predicted molar refractivity (Wildman–Crippen MR) is 147 cm³/mol. The molecule has 1 unspecified atom stereocenters. The van der Waals surface area contributed by atoms with Crippen LogP contribution >= 0.6 is 22.6 Å². The molecule has 2 amide bonds. The fraction of sp³-hybridized carbons (Fsp3) is 0.440. The van der Waals surface area contributed by atoms with E-state index in [4.69, 9.17) is 4.74 Å². The summed E-state index contributed by atoms with van der Waals surface area (Å²) in [5.74, 6) is -0.150. The Bertz CT molecular complexity index is 1130. The van der Waals surface area contributed by atoms with Crippen molar-refractivity contribution in [2.75, 3.05) is 24.2 Å². The molecular weight excluding hydrogens is 581 g/mol. The molecule has 0 fully saturated rings. The van der Waals surface area contributed by atoms with Crippen LogP contribution in [0, 0.1) is 3.57 Å². The standard InChI is InChI=1S/C25H34IN3O5S/c1-7-22(24(31)27-25(2,3)4)28(16-18-9-8-10-21(15-18)34-5)23(30)17-29(35(6,32)33)20-13-11-19(26)12-14-20/h8-15,22H,7,16-17H2,1-6H3,(H,27,31). The summed E-state index contributed by atoms with van der Waals surface area (Å²) < 4.78 is 32.6. The minimum Gasteiger partial charge on any atom is -0.497 e. The van der Waals surface area contributed by atoms with Crippen molar-refractivity contribution in [2.24, 2.45) is 0 Å². The fourth-order valence-corrected chi connectivity index (χ4v) is 4.77. The molecule has 0 aliphatic rings. The molecule has 0 saturated heterocycles. The molecule has 2 aromatic rings. The zero-order valence-corrected chi connectivity index (χ0v) is 24.0. The predicted octanol–water partition coefficient (Wildman–Crippen LogP) is 3.79. The smallest absolute Gasteiger partial charge is 0.244 e. The number of hydrogen-bond donors (Lipinski definition) is 1. The third-order valence-electron chi connectivity index (χ3n) is 5.16. The van der Waals surface area contributed by atoms with Crippen LogP contribution in [0.3, 0.4) is 0 Å². The van der Waals surface area contributed by atoms with Crippen LogP contribution in [-0.4, -0.2) is 56.6 Å². The van der Waals surface area contributed by atoms with E-state index >= 15 is 0 Å². The van der Waals surface area contributed by atoms with E-state index in [1.165, 1.54) is 4.90 Å². The molecule has 0 aromatic heterocycles. The molecule has 0 spiro atoms. The van der Waals surface area contributed by atoms with E-state index in [0.29, 0.717) is 17.9 Å². The van der Waals surface area contributed by atoms with Crippen LogP contribution in [0.15, 0.2) is 48.5 Å². The van der Waals surface area contributed by atoms with Gasteiger partial charge in [-0.2, -0.15) is 0 Å². The maximum absolute atomic E-state index is 13.7. The largest absolute Gasteiger partial charge is 0.497 e. The monoisotopic (exact) mass is 615 g/mol. The van der Waals surface area contributed by atoms with Gasteiger partial charge in [-0.25, -0.2) is 8.42 Å². The summed E-state index contributed by atoms with van der Waals surface area (Å²) in [5, 5.41) is 2.95. The molecule has 35 heavy (non-hydrogen) atoms. The first-order chi connectivity index (χ1) is 16.2. The number of methoxy groups -OCH3 is 1. The number of nitrogens with zero attached hydrogens (tertiary/aromatic N) is 2. The Hall–Kier alpha value is -2.34. The first-order valence-electron chi connectivity index (χ1n) is 11.2. The number of rotatable bonds is 10. The number of hydrogen-bond acceptors (Lipinski definition) is 5. The first kappa shape index (κ1) is 28.9. The number of nitrogens with one attached hydrogen (secondary N) is 1.